The lowest BCUT2D eigenvalue weighted by Gasteiger charge is -2.34. The lowest BCUT2D eigenvalue weighted by atomic mass is 10.0. The number of rotatable bonds is 18. The maximum absolute atomic E-state index is 13.4. The van der Waals surface area contributed by atoms with Crippen LogP contribution in [0.25, 0.3) is 0 Å². The number of carbonyl (C=O) groups is 3. The van der Waals surface area contributed by atoms with Gasteiger partial charge in [-0.2, -0.15) is 4.99 Å². The Labute approximate surface area is 292 Å². The van der Waals surface area contributed by atoms with Crippen molar-refractivity contribution < 1.29 is 29.1 Å². The largest absolute Gasteiger partial charge is 0.490 e. The lowest BCUT2D eigenvalue weighted by Crippen LogP contribution is -2.49. The van der Waals surface area contributed by atoms with Crippen molar-refractivity contribution in [1.29, 1.82) is 0 Å². The van der Waals surface area contributed by atoms with E-state index in [1.165, 1.54) is 0 Å². The lowest BCUT2D eigenvalue weighted by molar-refractivity contribution is -0.117. The van der Waals surface area contributed by atoms with Crippen LogP contribution in [0.1, 0.15) is 64.5 Å². The molecule has 2 aromatic carbocycles. The first-order valence-corrected chi connectivity index (χ1v) is 16.3. The minimum absolute atomic E-state index is 0.0477. The van der Waals surface area contributed by atoms with E-state index >= 15 is 0 Å². The molecule has 0 aromatic heterocycles. The molecule has 0 spiro atoms. The molecule has 11 nitrogen and oxygen atoms in total. The van der Waals surface area contributed by atoms with E-state index in [-0.39, 0.29) is 53.5 Å². The molecule has 3 amide bonds. The van der Waals surface area contributed by atoms with Gasteiger partial charge in [-0.05, 0) is 95.5 Å². The monoisotopic (exact) mass is 701 g/mol. The maximum Gasteiger partial charge on any atom is 0.413 e. The van der Waals surface area contributed by atoms with E-state index in [1.54, 1.807) is 70.2 Å². The van der Waals surface area contributed by atoms with Crippen LogP contribution in [0.4, 0.5) is 10.5 Å². The fourth-order valence-electron chi connectivity index (χ4n) is 4.46. The van der Waals surface area contributed by atoms with Gasteiger partial charge in [0.1, 0.15) is 24.8 Å². The van der Waals surface area contributed by atoms with Crippen molar-refractivity contribution in [2.24, 2.45) is 10.1 Å². The molecule has 0 fully saturated rings. The van der Waals surface area contributed by atoms with Gasteiger partial charge < -0.3 is 25.3 Å². The van der Waals surface area contributed by atoms with Gasteiger partial charge in [0.2, 0.25) is 5.91 Å². The van der Waals surface area contributed by atoms with Crippen LogP contribution < -0.4 is 15.4 Å². The van der Waals surface area contributed by atoms with Crippen LogP contribution in [-0.2, 0) is 20.8 Å². The first-order valence-electron chi connectivity index (χ1n) is 15.6. The van der Waals surface area contributed by atoms with E-state index in [1.807, 2.05) is 6.08 Å². The van der Waals surface area contributed by atoms with Gasteiger partial charge in [-0.1, -0.05) is 47.1 Å². The number of hydrogen-bond donors (Lipinski definition) is 3. The zero-order chi connectivity index (χ0) is 35.7. The zero-order valence-electron chi connectivity index (χ0n) is 28.0. The van der Waals surface area contributed by atoms with Crippen LogP contribution in [0.2, 0.25) is 10.0 Å². The van der Waals surface area contributed by atoms with Crippen molar-refractivity contribution in [2.45, 2.75) is 65.3 Å². The van der Waals surface area contributed by atoms with Crippen molar-refractivity contribution in [3.63, 3.8) is 0 Å². The highest BCUT2D eigenvalue weighted by molar-refractivity contribution is 6.40. The number of benzene rings is 2. The van der Waals surface area contributed by atoms with Gasteiger partial charge >= 0.3 is 6.09 Å². The number of amides is 3. The summed E-state index contributed by atoms with van der Waals surface area (Å²) in [5.74, 6) is -0.410. The highest BCUT2D eigenvalue weighted by Gasteiger charge is 2.32. The molecule has 0 atom stereocenters. The quantitative estimate of drug-likeness (QED) is 0.0480. The second-order valence-electron chi connectivity index (χ2n) is 11.6. The Balaban J connectivity index is 2.35. The van der Waals surface area contributed by atoms with Crippen LogP contribution in [-0.4, -0.2) is 71.3 Å². The molecule has 0 saturated heterocycles. The Hall–Kier alpha value is -4.19. The molecule has 0 saturated carbocycles. The number of ether oxygens (including phenoxy) is 1. The first-order chi connectivity index (χ1) is 22.8. The average Bonchev–Trinajstić information content (AvgIpc) is 3.01. The number of oxime groups is 1. The number of carboxylic acid groups (broad SMARTS) is 1. The fraction of sp³-hybridized carbons (Fsp3) is 0.400. The van der Waals surface area contributed by atoms with E-state index in [2.05, 4.69) is 33.9 Å². The highest BCUT2D eigenvalue weighted by Crippen LogP contribution is 2.32. The number of unbranched alkanes of at least 4 members (excludes halogenated alkanes) is 2. The number of nitrogens with zero attached hydrogens (tertiary/aromatic N) is 3. The third kappa shape index (κ3) is 13.5. The van der Waals surface area contributed by atoms with Crippen molar-refractivity contribution in [3.8, 4) is 5.75 Å². The minimum atomic E-state index is -1.30. The van der Waals surface area contributed by atoms with Crippen LogP contribution in [0.5, 0.6) is 5.75 Å². The van der Waals surface area contributed by atoms with Crippen LogP contribution >= 0.6 is 23.2 Å². The molecule has 0 aliphatic heterocycles. The van der Waals surface area contributed by atoms with Crippen molar-refractivity contribution in [3.05, 3.63) is 82.9 Å². The summed E-state index contributed by atoms with van der Waals surface area (Å²) in [6, 6.07) is 10.0. The Morgan fingerprint density at radius 3 is 2.27 bits per heavy atom. The van der Waals surface area contributed by atoms with Crippen molar-refractivity contribution in [1.82, 2.24) is 10.2 Å². The Bertz CT molecular complexity index is 1460. The molecular formula is C35H45Cl2N5O6. The molecule has 0 aliphatic rings. The van der Waals surface area contributed by atoms with Crippen molar-refractivity contribution in [2.75, 3.05) is 31.6 Å². The molecule has 0 aliphatic carbocycles. The van der Waals surface area contributed by atoms with Crippen LogP contribution in [0.3, 0.4) is 0 Å². The van der Waals surface area contributed by atoms with E-state index < -0.39 is 17.5 Å². The summed E-state index contributed by atoms with van der Waals surface area (Å²) in [7, 11) is 0. The molecule has 2 rings (SSSR count). The fourth-order valence-corrected chi connectivity index (χ4v) is 5.09. The second-order valence-corrected chi connectivity index (χ2v) is 12.4. The Morgan fingerprint density at radius 1 is 1.04 bits per heavy atom. The van der Waals surface area contributed by atoms with E-state index in [0.717, 1.165) is 24.2 Å². The average molecular weight is 703 g/mol. The zero-order valence-corrected chi connectivity index (χ0v) is 29.5. The number of aliphatic imine (C=N–C) groups is 1. The Kier molecular flexibility index (Phi) is 16.9. The smallest absolute Gasteiger partial charge is 0.413 e. The van der Waals surface area contributed by atoms with Gasteiger partial charge in [-0.3, -0.25) is 14.5 Å². The topological polar surface area (TPSA) is 142 Å². The molecule has 0 radical (unpaired) electrons. The first kappa shape index (κ1) is 40.0. The second kappa shape index (κ2) is 20.2. The van der Waals surface area contributed by atoms with Gasteiger partial charge in [-0.15, -0.1) is 6.58 Å². The summed E-state index contributed by atoms with van der Waals surface area (Å²) in [4.78, 5) is 49.0. The third-order valence-electron chi connectivity index (χ3n) is 6.58. The van der Waals surface area contributed by atoms with Crippen LogP contribution in [0, 0.1) is 0 Å². The molecule has 0 bridgehead atoms. The Morgan fingerprint density at radius 2 is 1.71 bits per heavy atom. The standard InChI is InChI=1S/C35H45Cl2N5O6/c1-7-10-11-12-17-38-23-32(44)40-33-27(36)19-24(20-28(33)37)21-30(42(34(45)46)35(4,5)6)39-31(43)22-29(41-48-9-3)25-13-15-26(16-14-25)47-18-8-2/h7-8,13-16,19-20,38H,1-2,9-12,17-18,21-23H2,3-6H3,(H,40,44)(H,45,46). The number of carbonyl (C=O) groups excluding carboxylic acids is 2. The number of allylic oxidation sites excluding steroid dienone is 1. The summed E-state index contributed by atoms with van der Waals surface area (Å²) >= 11 is 13.1. The van der Waals surface area contributed by atoms with Gasteiger partial charge in [0.05, 0.1) is 34.4 Å². The number of amidine groups is 1. The summed E-state index contributed by atoms with van der Waals surface area (Å²) < 4.78 is 5.53. The molecular weight excluding hydrogens is 657 g/mol. The number of hydrogen-bond acceptors (Lipinski definition) is 7. The molecule has 2 aromatic rings. The normalized spacial score (nSPS) is 11.9. The van der Waals surface area contributed by atoms with Crippen molar-refractivity contribution >= 4 is 58.3 Å². The SMILES string of the molecule is C=CCCCCNCC(=O)Nc1c(Cl)cc(CC(=NC(=O)CC(=NOCC)c2ccc(OCC=C)cc2)N(C(=O)O)C(C)(C)C)cc1Cl. The number of halogens is 2. The van der Waals surface area contributed by atoms with Gasteiger partial charge in [0.25, 0.3) is 5.91 Å². The number of nitrogens with one attached hydrogen (secondary N) is 2. The summed E-state index contributed by atoms with van der Waals surface area (Å²) in [5, 5.41) is 20.4. The number of anilines is 1. The molecule has 0 heterocycles. The van der Waals surface area contributed by atoms with Gasteiger partial charge in [-0.25, -0.2) is 4.79 Å². The summed E-state index contributed by atoms with van der Waals surface area (Å²) in [6.07, 6.45) is 4.60. The molecule has 48 heavy (non-hydrogen) atoms. The summed E-state index contributed by atoms with van der Waals surface area (Å²) in [5.41, 5.74) is 0.636. The summed E-state index contributed by atoms with van der Waals surface area (Å²) in [6.45, 7) is 15.5. The predicted octanol–water partition coefficient (Wildman–Crippen LogP) is 7.52. The van der Waals surface area contributed by atoms with Gasteiger partial charge in [0, 0.05) is 17.5 Å². The minimum Gasteiger partial charge on any atom is -0.490 e. The third-order valence-corrected chi connectivity index (χ3v) is 7.17. The molecule has 3 N–H and O–H groups in total. The highest BCUT2D eigenvalue weighted by atomic mass is 35.5. The molecule has 260 valence electrons. The van der Waals surface area contributed by atoms with E-state index in [0.29, 0.717) is 35.7 Å². The van der Waals surface area contributed by atoms with Crippen LogP contribution in [0.15, 0.2) is 71.9 Å². The maximum atomic E-state index is 13.4. The predicted molar refractivity (Wildman–Crippen MR) is 193 cm³/mol. The van der Waals surface area contributed by atoms with E-state index in [4.69, 9.17) is 32.8 Å². The molecule has 0 unspecified atom stereocenters. The van der Waals surface area contributed by atoms with Gasteiger partial charge in [0.15, 0.2) is 0 Å². The van der Waals surface area contributed by atoms with E-state index in [9.17, 15) is 19.5 Å². The molecule has 13 heteroatoms.